The molecular formula is C10H16FNO3S2. The summed E-state index contributed by atoms with van der Waals surface area (Å²) in [5.41, 5.74) is -0.585. The smallest absolute Gasteiger partial charge is 0.211 e. The van der Waals surface area contributed by atoms with Gasteiger partial charge in [-0.15, -0.1) is 0 Å². The van der Waals surface area contributed by atoms with E-state index in [1.54, 1.807) is 16.8 Å². The highest BCUT2D eigenvalue weighted by Crippen LogP contribution is 2.22. The van der Waals surface area contributed by atoms with Gasteiger partial charge in [0.05, 0.1) is 12.4 Å². The zero-order valence-corrected chi connectivity index (χ0v) is 11.2. The molecule has 1 rings (SSSR count). The number of halogens is 1. The molecule has 0 aromatic carbocycles. The second-order valence-electron chi connectivity index (χ2n) is 3.97. The van der Waals surface area contributed by atoms with Crippen molar-refractivity contribution in [2.75, 3.05) is 19.0 Å². The molecule has 0 aliphatic carbocycles. The quantitative estimate of drug-likeness (QED) is 0.790. The molecule has 0 fully saturated rings. The van der Waals surface area contributed by atoms with Crippen molar-refractivity contribution >= 4 is 21.4 Å². The van der Waals surface area contributed by atoms with Crippen molar-refractivity contribution in [1.82, 2.24) is 4.72 Å². The van der Waals surface area contributed by atoms with Gasteiger partial charge in [-0.2, -0.15) is 11.3 Å². The predicted molar refractivity (Wildman–Crippen MR) is 66.3 cm³/mol. The Hall–Kier alpha value is -0.500. The Balaban J connectivity index is 2.56. The van der Waals surface area contributed by atoms with E-state index in [0.29, 0.717) is 5.56 Å². The number of hydrogen-bond acceptors (Lipinski definition) is 4. The van der Waals surface area contributed by atoms with Crippen molar-refractivity contribution in [3.05, 3.63) is 22.4 Å². The van der Waals surface area contributed by atoms with Gasteiger partial charge in [-0.05, 0) is 35.7 Å². The van der Waals surface area contributed by atoms with Crippen LogP contribution in [0.15, 0.2) is 16.8 Å². The van der Waals surface area contributed by atoms with Crippen molar-refractivity contribution in [3.8, 4) is 0 Å². The van der Waals surface area contributed by atoms with Crippen LogP contribution in [-0.4, -0.2) is 32.5 Å². The third-order valence-electron chi connectivity index (χ3n) is 2.33. The highest BCUT2D eigenvalue weighted by Gasteiger charge is 2.25. The summed E-state index contributed by atoms with van der Waals surface area (Å²) in [7, 11) is -3.51. The molecule has 1 atom stereocenters. The van der Waals surface area contributed by atoms with E-state index >= 15 is 0 Å². The summed E-state index contributed by atoms with van der Waals surface area (Å²) < 4.78 is 37.0. The molecule has 4 nitrogen and oxygen atoms in total. The molecule has 2 N–H and O–H groups in total. The molecule has 0 aliphatic rings. The average molecular weight is 281 g/mol. The van der Waals surface area contributed by atoms with Gasteiger partial charge in [0, 0.05) is 6.54 Å². The van der Waals surface area contributed by atoms with Crippen LogP contribution < -0.4 is 4.72 Å². The number of aliphatic hydroxyl groups is 1. The highest BCUT2D eigenvalue weighted by atomic mass is 32.2. The second kappa shape index (κ2) is 5.90. The minimum absolute atomic E-state index is 0.0318. The maximum Gasteiger partial charge on any atom is 0.211 e. The Morgan fingerprint density at radius 1 is 1.59 bits per heavy atom. The molecule has 7 heteroatoms. The first-order chi connectivity index (χ1) is 7.87. The van der Waals surface area contributed by atoms with E-state index in [1.165, 1.54) is 18.3 Å². The first kappa shape index (κ1) is 14.6. The van der Waals surface area contributed by atoms with Crippen LogP contribution in [0.2, 0.25) is 0 Å². The Labute approximate surface area is 105 Å². The molecule has 1 aromatic heterocycles. The van der Waals surface area contributed by atoms with E-state index in [-0.39, 0.29) is 18.7 Å². The Bertz CT molecular complexity index is 428. The first-order valence-corrected chi connectivity index (χ1v) is 7.75. The van der Waals surface area contributed by atoms with Crippen molar-refractivity contribution in [2.24, 2.45) is 0 Å². The highest BCUT2D eigenvalue weighted by molar-refractivity contribution is 7.89. The molecule has 1 aromatic rings. The van der Waals surface area contributed by atoms with Gasteiger partial charge in [0.2, 0.25) is 10.0 Å². The van der Waals surface area contributed by atoms with Crippen molar-refractivity contribution in [2.45, 2.75) is 18.9 Å². The van der Waals surface area contributed by atoms with Gasteiger partial charge in [-0.3, -0.25) is 4.39 Å². The molecule has 0 aliphatic heterocycles. The number of hydrogen-bond donors (Lipinski definition) is 2. The van der Waals surface area contributed by atoms with Crippen LogP contribution in [0, 0.1) is 0 Å². The van der Waals surface area contributed by atoms with Crippen molar-refractivity contribution < 1.29 is 17.9 Å². The monoisotopic (exact) mass is 281 g/mol. The van der Waals surface area contributed by atoms with E-state index in [2.05, 4.69) is 4.72 Å². The van der Waals surface area contributed by atoms with Crippen LogP contribution in [0.5, 0.6) is 0 Å². The number of alkyl halides is 1. The number of nitrogens with one attached hydrogen (secondary N) is 1. The zero-order valence-electron chi connectivity index (χ0n) is 9.52. The summed E-state index contributed by atoms with van der Waals surface area (Å²) in [5, 5.41) is 13.6. The second-order valence-corrected chi connectivity index (χ2v) is 6.67. The fourth-order valence-electron chi connectivity index (χ4n) is 1.24. The summed E-state index contributed by atoms with van der Waals surface area (Å²) in [4.78, 5) is 0. The Kier molecular flexibility index (Phi) is 5.05. The standard InChI is InChI=1S/C10H16FNO3S2/c1-10(13,9-3-5-16-7-9)8-12-17(14,15)6-2-4-11/h3,5,7,12-13H,2,4,6,8H2,1H3. The van der Waals surface area contributed by atoms with E-state index in [1.807, 2.05) is 0 Å². The largest absolute Gasteiger partial charge is 0.384 e. The number of sulfonamides is 1. The van der Waals surface area contributed by atoms with Gasteiger partial charge < -0.3 is 5.11 Å². The summed E-state index contributed by atoms with van der Waals surface area (Å²) >= 11 is 1.43. The van der Waals surface area contributed by atoms with Gasteiger partial charge in [-0.1, -0.05) is 0 Å². The van der Waals surface area contributed by atoms with Gasteiger partial charge in [0.25, 0.3) is 0 Å². The molecule has 98 valence electrons. The third kappa shape index (κ3) is 4.71. The van der Waals surface area contributed by atoms with Crippen LogP contribution in [0.4, 0.5) is 4.39 Å². The summed E-state index contributed by atoms with van der Waals surface area (Å²) in [5.74, 6) is -0.261. The van der Waals surface area contributed by atoms with Crippen molar-refractivity contribution in [3.63, 3.8) is 0 Å². The molecule has 0 saturated heterocycles. The Morgan fingerprint density at radius 2 is 2.29 bits per heavy atom. The lowest BCUT2D eigenvalue weighted by molar-refractivity contribution is 0.0632. The maximum atomic E-state index is 11.9. The minimum atomic E-state index is -3.51. The van der Waals surface area contributed by atoms with Crippen LogP contribution in [-0.2, 0) is 15.6 Å². The van der Waals surface area contributed by atoms with Crippen molar-refractivity contribution in [1.29, 1.82) is 0 Å². The summed E-state index contributed by atoms with van der Waals surface area (Å²) in [6, 6.07) is 1.74. The van der Waals surface area contributed by atoms with Gasteiger partial charge >= 0.3 is 0 Å². The van der Waals surface area contributed by atoms with Gasteiger partial charge in [-0.25, -0.2) is 13.1 Å². The number of thiophene rings is 1. The van der Waals surface area contributed by atoms with Crippen LogP contribution >= 0.6 is 11.3 Å². The van der Waals surface area contributed by atoms with Crippen LogP contribution in [0.1, 0.15) is 18.9 Å². The number of rotatable bonds is 7. The lowest BCUT2D eigenvalue weighted by Crippen LogP contribution is -2.39. The molecule has 0 amide bonds. The van der Waals surface area contributed by atoms with E-state index in [9.17, 15) is 17.9 Å². The van der Waals surface area contributed by atoms with E-state index in [0.717, 1.165) is 0 Å². The maximum absolute atomic E-state index is 11.9. The van der Waals surface area contributed by atoms with Gasteiger partial charge in [0.15, 0.2) is 0 Å². The SMILES string of the molecule is CC(O)(CNS(=O)(=O)CCCF)c1ccsc1. The zero-order chi connectivity index (χ0) is 12.9. The molecule has 17 heavy (non-hydrogen) atoms. The lowest BCUT2D eigenvalue weighted by atomic mass is 10.0. The summed E-state index contributed by atoms with van der Waals surface area (Å²) in [6.07, 6.45) is -0.0318. The van der Waals surface area contributed by atoms with E-state index < -0.39 is 22.3 Å². The molecule has 0 spiro atoms. The Morgan fingerprint density at radius 3 is 2.82 bits per heavy atom. The fraction of sp³-hybridized carbons (Fsp3) is 0.600. The molecular weight excluding hydrogens is 265 g/mol. The first-order valence-electron chi connectivity index (χ1n) is 5.16. The molecule has 1 unspecified atom stereocenters. The molecule has 0 bridgehead atoms. The lowest BCUT2D eigenvalue weighted by Gasteiger charge is -2.22. The molecule has 0 radical (unpaired) electrons. The predicted octanol–water partition coefficient (Wildman–Crippen LogP) is 1.23. The summed E-state index contributed by atoms with van der Waals surface area (Å²) in [6.45, 7) is 0.757. The third-order valence-corrected chi connectivity index (χ3v) is 4.42. The average Bonchev–Trinajstić information content (AvgIpc) is 2.78. The molecule has 1 heterocycles. The fourth-order valence-corrected chi connectivity index (χ4v) is 3.16. The molecule has 0 saturated carbocycles. The van der Waals surface area contributed by atoms with Gasteiger partial charge in [0.1, 0.15) is 5.60 Å². The van der Waals surface area contributed by atoms with Crippen LogP contribution in [0.25, 0.3) is 0 Å². The topological polar surface area (TPSA) is 66.4 Å². The van der Waals surface area contributed by atoms with Crippen LogP contribution in [0.3, 0.4) is 0 Å². The minimum Gasteiger partial charge on any atom is -0.384 e. The van der Waals surface area contributed by atoms with E-state index in [4.69, 9.17) is 0 Å². The normalized spacial score (nSPS) is 15.7.